The van der Waals surface area contributed by atoms with Gasteiger partial charge in [-0.15, -0.1) is 0 Å². The molecule has 0 bridgehead atoms. The van der Waals surface area contributed by atoms with E-state index in [2.05, 4.69) is 33.8 Å². The molecule has 1 N–H and O–H groups in total. The summed E-state index contributed by atoms with van der Waals surface area (Å²) < 4.78 is 0. The van der Waals surface area contributed by atoms with Gasteiger partial charge >= 0.3 is 5.97 Å². The average molecular weight is 234 g/mol. The highest BCUT2D eigenvalue weighted by Crippen LogP contribution is 2.58. The van der Waals surface area contributed by atoms with Crippen LogP contribution in [0.15, 0.2) is 23.8 Å². The molecule has 0 saturated heterocycles. The topological polar surface area (TPSA) is 37.3 Å². The summed E-state index contributed by atoms with van der Waals surface area (Å²) >= 11 is 0. The maximum absolute atomic E-state index is 11.4. The standard InChI is InChI=1S/C15H22O2/c1-10-8-9-15(4)11(13(16)17)6-5-7-12(15)14(10,2)3/h5-7,10-11H,8-9H2,1-4H3,(H,16,17). The second-order valence-corrected chi connectivity index (χ2v) is 6.36. The van der Waals surface area contributed by atoms with Gasteiger partial charge in [0.05, 0.1) is 5.92 Å². The second kappa shape index (κ2) is 3.72. The lowest BCUT2D eigenvalue weighted by Crippen LogP contribution is -2.46. The number of carbonyl (C=O) groups is 1. The third-order valence-corrected chi connectivity index (χ3v) is 5.16. The first-order valence-corrected chi connectivity index (χ1v) is 6.42. The summed E-state index contributed by atoms with van der Waals surface area (Å²) in [4.78, 5) is 11.4. The maximum atomic E-state index is 11.4. The second-order valence-electron chi connectivity index (χ2n) is 6.36. The van der Waals surface area contributed by atoms with Gasteiger partial charge in [-0.2, -0.15) is 0 Å². The molecule has 0 amide bonds. The summed E-state index contributed by atoms with van der Waals surface area (Å²) in [7, 11) is 0. The lowest BCUT2D eigenvalue weighted by molar-refractivity contribution is -0.144. The summed E-state index contributed by atoms with van der Waals surface area (Å²) in [6.45, 7) is 8.89. The molecule has 2 aliphatic carbocycles. The maximum Gasteiger partial charge on any atom is 0.311 e. The SMILES string of the molecule is CC1CCC2(C)C(=CC=CC2C(=O)O)C1(C)C. The zero-order valence-electron chi connectivity index (χ0n) is 11.2. The van der Waals surface area contributed by atoms with Crippen molar-refractivity contribution in [3.63, 3.8) is 0 Å². The van der Waals surface area contributed by atoms with E-state index in [1.807, 2.05) is 12.2 Å². The fourth-order valence-electron chi connectivity index (χ4n) is 3.57. The highest BCUT2D eigenvalue weighted by Gasteiger charge is 2.51. The third kappa shape index (κ3) is 1.65. The highest BCUT2D eigenvalue weighted by molar-refractivity contribution is 5.75. The Morgan fingerprint density at radius 3 is 2.65 bits per heavy atom. The Labute approximate surface area is 103 Å². The van der Waals surface area contributed by atoms with Gasteiger partial charge < -0.3 is 5.11 Å². The monoisotopic (exact) mass is 234 g/mol. The van der Waals surface area contributed by atoms with E-state index in [0.717, 1.165) is 12.8 Å². The van der Waals surface area contributed by atoms with Gasteiger partial charge in [0.25, 0.3) is 0 Å². The first-order chi connectivity index (χ1) is 7.80. The van der Waals surface area contributed by atoms with Crippen LogP contribution in [0.5, 0.6) is 0 Å². The van der Waals surface area contributed by atoms with Crippen LogP contribution < -0.4 is 0 Å². The number of carboxylic acid groups (broad SMARTS) is 1. The largest absolute Gasteiger partial charge is 0.481 e. The Kier molecular flexibility index (Phi) is 2.72. The predicted octanol–water partition coefficient (Wildman–Crippen LogP) is 3.65. The molecule has 0 heterocycles. The molecule has 0 aliphatic heterocycles. The third-order valence-electron chi connectivity index (χ3n) is 5.16. The Morgan fingerprint density at radius 1 is 1.41 bits per heavy atom. The molecule has 0 aromatic rings. The number of hydrogen-bond donors (Lipinski definition) is 1. The number of allylic oxidation sites excluding steroid dienone is 3. The van der Waals surface area contributed by atoms with Crippen LogP contribution >= 0.6 is 0 Å². The number of rotatable bonds is 1. The van der Waals surface area contributed by atoms with Crippen molar-refractivity contribution in [2.45, 2.75) is 40.5 Å². The summed E-state index contributed by atoms with van der Waals surface area (Å²) in [6, 6.07) is 0. The number of carboxylic acids is 1. The van der Waals surface area contributed by atoms with Gasteiger partial charge in [-0.3, -0.25) is 4.79 Å². The van der Waals surface area contributed by atoms with Gasteiger partial charge in [-0.1, -0.05) is 51.5 Å². The van der Waals surface area contributed by atoms with Crippen LogP contribution in [0.1, 0.15) is 40.5 Å². The summed E-state index contributed by atoms with van der Waals surface area (Å²) in [5.74, 6) is -0.447. The molecule has 2 rings (SSSR count). The summed E-state index contributed by atoms with van der Waals surface area (Å²) in [6.07, 6.45) is 8.01. The lowest BCUT2D eigenvalue weighted by atomic mass is 9.51. The molecule has 17 heavy (non-hydrogen) atoms. The minimum absolute atomic E-state index is 0.103. The Morgan fingerprint density at radius 2 is 2.06 bits per heavy atom. The van der Waals surface area contributed by atoms with Crippen molar-refractivity contribution >= 4 is 5.97 Å². The van der Waals surface area contributed by atoms with E-state index >= 15 is 0 Å². The molecule has 0 aromatic carbocycles. The van der Waals surface area contributed by atoms with Gasteiger partial charge in [0.2, 0.25) is 0 Å². The van der Waals surface area contributed by atoms with Crippen molar-refractivity contribution in [3.8, 4) is 0 Å². The van der Waals surface area contributed by atoms with Crippen LogP contribution in [0.3, 0.4) is 0 Å². The molecule has 2 aliphatic rings. The van der Waals surface area contributed by atoms with Crippen LogP contribution in [0.2, 0.25) is 0 Å². The van der Waals surface area contributed by atoms with E-state index in [-0.39, 0.29) is 16.7 Å². The van der Waals surface area contributed by atoms with E-state index in [9.17, 15) is 9.90 Å². The van der Waals surface area contributed by atoms with Crippen LogP contribution in [0.25, 0.3) is 0 Å². The molecule has 3 unspecified atom stereocenters. The molecule has 3 atom stereocenters. The average Bonchev–Trinajstić information content (AvgIpc) is 2.23. The van der Waals surface area contributed by atoms with E-state index in [4.69, 9.17) is 0 Å². The number of aliphatic carboxylic acids is 1. The van der Waals surface area contributed by atoms with E-state index in [1.165, 1.54) is 5.57 Å². The van der Waals surface area contributed by atoms with Crippen molar-refractivity contribution < 1.29 is 9.90 Å². The van der Waals surface area contributed by atoms with Crippen LogP contribution in [-0.4, -0.2) is 11.1 Å². The Balaban J connectivity index is 2.49. The molecular weight excluding hydrogens is 212 g/mol. The van der Waals surface area contributed by atoms with Crippen LogP contribution in [-0.2, 0) is 4.79 Å². The summed E-state index contributed by atoms with van der Waals surface area (Å²) in [5, 5.41) is 9.40. The fourth-order valence-corrected chi connectivity index (χ4v) is 3.57. The molecule has 2 heteroatoms. The van der Waals surface area contributed by atoms with Crippen LogP contribution in [0, 0.1) is 22.7 Å². The first kappa shape index (κ1) is 12.4. The van der Waals surface area contributed by atoms with E-state index in [0.29, 0.717) is 5.92 Å². The molecule has 1 fully saturated rings. The zero-order valence-corrected chi connectivity index (χ0v) is 11.2. The van der Waals surface area contributed by atoms with Crippen molar-refractivity contribution in [2.75, 3.05) is 0 Å². The molecule has 0 aromatic heterocycles. The Bertz CT molecular complexity index is 403. The molecule has 0 spiro atoms. The predicted molar refractivity (Wildman–Crippen MR) is 68.6 cm³/mol. The van der Waals surface area contributed by atoms with E-state index < -0.39 is 5.97 Å². The number of hydrogen-bond acceptors (Lipinski definition) is 1. The Hall–Kier alpha value is -1.05. The van der Waals surface area contributed by atoms with Gasteiger partial charge in [0.1, 0.15) is 0 Å². The normalized spacial score (nSPS) is 39.4. The minimum atomic E-state index is -0.695. The smallest absolute Gasteiger partial charge is 0.311 e. The van der Waals surface area contributed by atoms with Gasteiger partial charge in [0.15, 0.2) is 0 Å². The first-order valence-electron chi connectivity index (χ1n) is 6.42. The fraction of sp³-hybridized carbons (Fsp3) is 0.667. The van der Waals surface area contributed by atoms with Crippen molar-refractivity contribution in [1.29, 1.82) is 0 Å². The molecule has 1 saturated carbocycles. The van der Waals surface area contributed by atoms with Crippen molar-refractivity contribution in [3.05, 3.63) is 23.8 Å². The van der Waals surface area contributed by atoms with Gasteiger partial charge in [-0.05, 0) is 24.2 Å². The molecular formula is C15H22O2. The highest BCUT2D eigenvalue weighted by atomic mass is 16.4. The molecule has 0 radical (unpaired) electrons. The summed E-state index contributed by atoms with van der Waals surface area (Å²) in [5.41, 5.74) is 1.22. The van der Waals surface area contributed by atoms with Gasteiger partial charge in [0, 0.05) is 5.41 Å². The minimum Gasteiger partial charge on any atom is -0.481 e. The van der Waals surface area contributed by atoms with E-state index in [1.54, 1.807) is 0 Å². The van der Waals surface area contributed by atoms with Gasteiger partial charge in [-0.25, -0.2) is 0 Å². The molecule has 94 valence electrons. The lowest BCUT2D eigenvalue weighted by Gasteiger charge is -2.52. The zero-order chi connectivity index (χ0) is 12.8. The number of fused-ring (bicyclic) bond motifs is 1. The molecule has 2 nitrogen and oxygen atoms in total. The van der Waals surface area contributed by atoms with Crippen LogP contribution in [0.4, 0.5) is 0 Å². The quantitative estimate of drug-likeness (QED) is 0.752. The van der Waals surface area contributed by atoms with Crippen molar-refractivity contribution in [2.24, 2.45) is 22.7 Å². The van der Waals surface area contributed by atoms with Crippen molar-refractivity contribution in [1.82, 2.24) is 0 Å².